The van der Waals surface area contributed by atoms with Crippen LogP contribution in [-0.4, -0.2) is 92.2 Å². The van der Waals surface area contributed by atoms with E-state index in [1.807, 2.05) is 4.90 Å². The van der Waals surface area contributed by atoms with E-state index in [1.54, 1.807) is 4.31 Å². The van der Waals surface area contributed by atoms with Crippen molar-refractivity contribution in [1.29, 1.82) is 0 Å². The minimum absolute atomic E-state index is 0.0629. The van der Waals surface area contributed by atoms with Gasteiger partial charge in [-0.2, -0.15) is 4.31 Å². The fraction of sp³-hybridized carbons (Fsp3) is 0.938. The molecule has 0 aromatic carbocycles. The fourth-order valence-electron chi connectivity index (χ4n) is 4.29. The Bertz CT molecular complexity index is 586. The van der Waals surface area contributed by atoms with Gasteiger partial charge in [0.2, 0.25) is 15.9 Å². The number of hydrogen-bond acceptors (Lipinski definition) is 5. The van der Waals surface area contributed by atoms with Gasteiger partial charge in [-0.05, 0) is 26.7 Å². The number of hydrogen-bond donors (Lipinski definition) is 0. The van der Waals surface area contributed by atoms with E-state index in [9.17, 15) is 13.2 Å². The monoisotopic (exact) mass is 359 g/mol. The first-order chi connectivity index (χ1) is 11.2. The average Bonchev–Trinajstić information content (AvgIpc) is 2.53. The van der Waals surface area contributed by atoms with E-state index in [0.29, 0.717) is 32.8 Å². The number of sulfonamides is 1. The first-order valence-electron chi connectivity index (χ1n) is 8.77. The van der Waals surface area contributed by atoms with Crippen molar-refractivity contribution in [1.82, 2.24) is 14.1 Å². The molecule has 8 heteroatoms. The maximum absolute atomic E-state index is 12.8. The molecule has 3 saturated heterocycles. The van der Waals surface area contributed by atoms with E-state index < -0.39 is 10.0 Å². The normalized spacial score (nSPS) is 30.1. The number of amides is 1. The first-order valence-corrected chi connectivity index (χ1v) is 10.6. The molecular formula is C16H29N3O4S. The van der Waals surface area contributed by atoms with Gasteiger partial charge in [-0.25, -0.2) is 8.42 Å². The van der Waals surface area contributed by atoms with Gasteiger partial charge < -0.3 is 9.64 Å². The molecule has 3 rings (SSSR count). The van der Waals surface area contributed by atoms with Crippen LogP contribution in [0.4, 0.5) is 0 Å². The molecule has 0 bridgehead atoms. The van der Waals surface area contributed by atoms with Gasteiger partial charge in [-0.15, -0.1) is 0 Å². The summed E-state index contributed by atoms with van der Waals surface area (Å²) < 4.78 is 31.0. The third kappa shape index (κ3) is 3.61. The number of rotatable bonds is 2. The lowest BCUT2D eigenvalue weighted by Crippen LogP contribution is -2.70. The zero-order valence-corrected chi connectivity index (χ0v) is 15.7. The van der Waals surface area contributed by atoms with Crippen LogP contribution < -0.4 is 0 Å². The van der Waals surface area contributed by atoms with E-state index in [0.717, 1.165) is 25.9 Å². The third-order valence-corrected chi connectivity index (χ3v) is 6.81. The van der Waals surface area contributed by atoms with E-state index in [2.05, 4.69) is 18.7 Å². The molecule has 0 aliphatic carbocycles. The highest BCUT2D eigenvalue weighted by Crippen LogP contribution is 2.30. The number of ether oxygens (including phenoxy) is 1. The van der Waals surface area contributed by atoms with Crippen molar-refractivity contribution < 1.29 is 17.9 Å². The molecular weight excluding hydrogens is 330 g/mol. The Morgan fingerprint density at radius 1 is 1.12 bits per heavy atom. The predicted octanol–water partition coefficient (Wildman–Crippen LogP) is -0.0204. The van der Waals surface area contributed by atoms with Gasteiger partial charge in [-0.1, -0.05) is 0 Å². The van der Waals surface area contributed by atoms with Crippen molar-refractivity contribution in [3.05, 3.63) is 0 Å². The number of nitrogens with zero attached hydrogens (tertiary/aromatic N) is 3. The Balaban J connectivity index is 1.71. The van der Waals surface area contributed by atoms with Crippen molar-refractivity contribution in [2.45, 2.75) is 38.3 Å². The van der Waals surface area contributed by atoms with Crippen molar-refractivity contribution in [3.63, 3.8) is 0 Å². The Morgan fingerprint density at radius 2 is 1.79 bits per heavy atom. The summed E-state index contributed by atoms with van der Waals surface area (Å²) in [7, 11) is -3.22. The lowest BCUT2D eigenvalue weighted by Gasteiger charge is -2.55. The summed E-state index contributed by atoms with van der Waals surface area (Å²) in [6.45, 7) is 8.64. The molecule has 138 valence electrons. The molecule has 0 unspecified atom stereocenters. The van der Waals surface area contributed by atoms with Crippen LogP contribution in [0.2, 0.25) is 0 Å². The van der Waals surface area contributed by atoms with Crippen LogP contribution in [0.15, 0.2) is 0 Å². The zero-order valence-electron chi connectivity index (χ0n) is 14.9. The molecule has 7 nitrogen and oxygen atoms in total. The molecule has 0 aromatic heterocycles. The fourth-order valence-corrected chi connectivity index (χ4v) is 5.28. The molecule has 0 spiro atoms. The van der Waals surface area contributed by atoms with Crippen LogP contribution in [0, 0.1) is 5.92 Å². The van der Waals surface area contributed by atoms with Gasteiger partial charge in [0, 0.05) is 63.4 Å². The van der Waals surface area contributed by atoms with Crippen molar-refractivity contribution in [2.24, 2.45) is 5.92 Å². The molecule has 3 aliphatic heterocycles. The summed E-state index contributed by atoms with van der Waals surface area (Å²) in [4.78, 5) is 17.1. The second-order valence-corrected chi connectivity index (χ2v) is 9.87. The van der Waals surface area contributed by atoms with Crippen LogP contribution in [0.1, 0.15) is 26.7 Å². The smallest absolute Gasteiger partial charge is 0.225 e. The third-order valence-electron chi connectivity index (χ3n) is 5.59. The van der Waals surface area contributed by atoms with Crippen molar-refractivity contribution in [2.75, 3.05) is 52.2 Å². The first kappa shape index (κ1) is 18.1. The Labute approximate surface area is 145 Å². The lowest BCUT2D eigenvalue weighted by atomic mass is 9.93. The second kappa shape index (κ2) is 6.55. The van der Waals surface area contributed by atoms with Gasteiger partial charge in [0.15, 0.2) is 0 Å². The van der Waals surface area contributed by atoms with Gasteiger partial charge in [0.25, 0.3) is 0 Å². The molecule has 0 aromatic rings. The predicted molar refractivity (Wildman–Crippen MR) is 91.1 cm³/mol. The Hall–Kier alpha value is -0.700. The molecule has 1 amide bonds. The maximum Gasteiger partial charge on any atom is 0.225 e. The highest BCUT2D eigenvalue weighted by Gasteiger charge is 2.45. The molecule has 3 fully saturated rings. The number of piperazine rings is 2. The minimum atomic E-state index is -3.22. The summed E-state index contributed by atoms with van der Waals surface area (Å²) in [5.41, 5.74) is -0.209. The van der Waals surface area contributed by atoms with Crippen LogP contribution in [0.3, 0.4) is 0 Å². The summed E-state index contributed by atoms with van der Waals surface area (Å²) in [6, 6.07) is 0.0704. The highest BCUT2D eigenvalue weighted by atomic mass is 32.2. The SMILES string of the molecule is CC1(C)CN(S(C)(=O)=O)C[C@@H]2CN(C(=O)C3CCOCC3)CCN21. The molecule has 0 N–H and O–H groups in total. The molecule has 3 aliphatic rings. The second-order valence-electron chi connectivity index (χ2n) is 7.89. The van der Waals surface area contributed by atoms with Gasteiger partial charge >= 0.3 is 0 Å². The molecule has 0 radical (unpaired) electrons. The van der Waals surface area contributed by atoms with Gasteiger partial charge in [-0.3, -0.25) is 9.69 Å². The van der Waals surface area contributed by atoms with E-state index in [1.165, 1.54) is 6.26 Å². The van der Waals surface area contributed by atoms with E-state index in [-0.39, 0.29) is 23.4 Å². The quantitative estimate of drug-likeness (QED) is 0.693. The van der Waals surface area contributed by atoms with Crippen LogP contribution >= 0.6 is 0 Å². The van der Waals surface area contributed by atoms with Gasteiger partial charge in [0.05, 0.1) is 6.26 Å². The van der Waals surface area contributed by atoms with Crippen molar-refractivity contribution in [3.8, 4) is 0 Å². The topological polar surface area (TPSA) is 70.2 Å². The Kier molecular flexibility index (Phi) is 4.94. The van der Waals surface area contributed by atoms with Crippen LogP contribution in [-0.2, 0) is 19.6 Å². The minimum Gasteiger partial charge on any atom is -0.381 e. The number of carbonyl (C=O) groups is 1. The van der Waals surface area contributed by atoms with Crippen LogP contribution in [0.25, 0.3) is 0 Å². The molecule has 24 heavy (non-hydrogen) atoms. The van der Waals surface area contributed by atoms with Crippen molar-refractivity contribution >= 4 is 15.9 Å². The van der Waals surface area contributed by atoms with E-state index in [4.69, 9.17) is 4.74 Å². The van der Waals surface area contributed by atoms with Gasteiger partial charge in [0.1, 0.15) is 0 Å². The summed E-state index contributed by atoms with van der Waals surface area (Å²) in [6.07, 6.45) is 2.86. The molecule has 1 atom stereocenters. The lowest BCUT2D eigenvalue weighted by molar-refractivity contribution is -0.144. The zero-order chi connectivity index (χ0) is 17.5. The average molecular weight is 359 g/mol. The van der Waals surface area contributed by atoms with Crippen LogP contribution in [0.5, 0.6) is 0 Å². The Morgan fingerprint density at radius 3 is 2.42 bits per heavy atom. The number of fused-ring (bicyclic) bond motifs is 1. The summed E-state index contributed by atoms with van der Waals surface area (Å²) in [5, 5.41) is 0. The molecule has 3 heterocycles. The number of carbonyl (C=O) groups excluding carboxylic acids is 1. The standard InChI is InChI=1S/C16H29N3O4S/c1-16(2)12-18(24(3,21)22)11-14-10-17(6-7-19(14)16)15(20)13-4-8-23-9-5-13/h13-14H,4-12H2,1-3H3/t14-/m0/s1. The largest absolute Gasteiger partial charge is 0.381 e. The highest BCUT2D eigenvalue weighted by molar-refractivity contribution is 7.88. The summed E-state index contributed by atoms with van der Waals surface area (Å²) >= 11 is 0. The maximum atomic E-state index is 12.8. The van der Waals surface area contributed by atoms with E-state index >= 15 is 0 Å². The summed E-state index contributed by atoms with van der Waals surface area (Å²) in [5.74, 6) is 0.278. The molecule has 0 saturated carbocycles.